The first-order valence-corrected chi connectivity index (χ1v) is 2.44. The maximum atomic E-state index is 5.43. The number of hydrogen-bond acceptors (Lipinski definition) is 1. The SMILES string of the molecule is C/C=C\C(Cl)=N/C. The zero-order chi connectivity index (χ0) is 5.70. The Kier molecular flexibility index (Phi) is 3.71. The van der Waals surface area contributed by atoms with Gasteiger partial charge < -0.3 is 0 Å². The van der Waals surface area contributed by atoms with Crippen LogP contribution >= 0.6 is 11.6 Å². The Balaban J connectivity index is 3.58. The molecule has 0 aromatic rings. The van der Waals surface area contributed by atoms with Crippen LogP contribution in [0.5, 0.6) is 0 Å². The molecule has 0 saturated heterocycles. The van der Waals surface area contributed by atoms with Gasteiger partial charge in [0.25, 0.3) is 0 Å². The van der Waals surface area contributed by atoms with Gasteiger partial charge in [-0.1, -0.05) is 17.7 Å². The van der Waals surface area contributed by atoms with Crippen LogP contribution in [0.15, 0.2) is 17.1 Å². The van der Waals surface area contributed by atoms with Crippen molar-refractivity contribution in [3.8, 4) is 0 Å². The molecule has 0 heterocycles. The van der Waals surface area contributed by atoms with Gasteiger partial charge in [0.2, 0.25) is 0 Å². The van der Waals surface area contributed by atoms with Crippen LogP contribution < -0.4 is 0 Å². The zero-order valence-electron chi connectivity index (χ0n) is 4.48. The average Bonchev–Trinajstić information content (AvgIpc) is 1.68. The molecular weight excluding hydrogens is 110 g/mol. The molecule has 0 spiro atoms. The van der Waals surface area contributed by atoms with Gasteiger partial charge in [0.15, 0.2) is 0 Å². The first-order chi connectivity index (χ1) is 3.31. The molecule has 0 atom stereocenters. The highest BCUT2D eigenvalue weighted by Crippen LogP contribution is 1.84. The molecule has 0 aliphatic heterocycles. The minimum atomic E-state index is 0.544. The Morgan fingerprint density at radius 2 is 2.29 bits per heavy atom. The maximum Gasteiger partial charge on any atom is 0.122 e. The molecule has 0 radical (unpaired) electrons. The molecule has 7 heavy (non-hydrogen) atoms. The van der Waals surface area contributed by atoms with Crippen LogP contribution in [-0.2, 0) is 0 Å². The van der Waals surface area contributed by atoms with Crippen LogP contribution in [0.1, 0.15) is 6.92 Å². The Hall–Kier alpha value is -0.300. The summed E-state index contributed by atoms with van der Waals surface area (Å²) in [4.78, 5) is 3.67. The van der Waals surface area contributed by atoms with E-state index < -0.39 is 0 Å². The topological polar surface area (TPSA) is 12.4 Å². The average molecular weight is 118 g/mol. The lowest BCUT2D eigenvalue weighted by Gasteiger charge is -1.77. The molecule has 0 aromatic heterocycles. The predicted molar refractivity (Wildman–Crippen MR) is 34.0 cm³/mol. The van der Waals surface area contributed by atoms with Gasteiger partial charge in [0.1, 0.15) is 5.17 Å². The van der Waals surface area contributed by atoms with Crippen LogP contribution in [-0.4, -0.2) is 12.2 Å². The van der Waals surface area contributed by atoms with Gasteiger partial charge in [0.05, 0.1) is 0 Å². The summed E-state index contributed by atoms with van der Waals surface area (Å²) < 4.78 is 0. The quantitative estimate of drug-likeness (QED) is 0.465. The van der Waals surface area contributed by atoms with Crippen molar-refractivity contribution in [2.75, 3.05) is 7.05 Å². The monoisotopic (exact) mass is 117 g/mol. The fourth-order valence-corrected chi connectivity index (χ4v) is 0.338. The molecule has 0 aliphatic rings. The number of aliphatic imine (C=N–C) groups is 1. The molecule has 0 bridgehead atoms. The second-order valence-electron chi connectivity index (χ2n) is 1.05. The van der Waals surface area contributed by atoms with Crippen molar-refractivity contribution < 1.29 is 0 Å². The summed E-state index contributed by atoms with van der Waals surface area (Å²) in [6.07, 6.45) is 3.58. The Labute approximate surface area is 48.7 Å². The summed E-state index contributed by atoms with van der Waals surface area (Å²) in [5.74, 6) is 0. The van der Waals surface area contributed by atoms with E-state index in [9.17, 15) is 0 Å². The van der Waals surface area contributed by atoms with Gasteiger partial charge in [-0.2, -0.15) is 0 Å². The zero-order valence-corrected chi connectivity index (χ0v) is 5.24. The van der Waals surface area contributed by atoms with Crippen molar-refractivity contribution in [1.82, 2.24) is 0 Å². The molecule has 0 aliphatic carbocycles. The Bertz CT molecular complexity index is 94.3. The largest absolute Gasteiger partial charge is 0.277 e. The maximum absolute atomic E-state index is 5.43. The molecule has 0 fully saturated rings. The molecule has 0 saturated carbocycles. The molecule has 0 aromatic carbocycles. The molecule has 0 rings (SSSR count). The number of allylic oxidation sites excluding steroid dienone is 2. The van der Waals surface area contributed by atoms with Gasteiger partial charge in [-0.3, -0.25) is 4.99 Å². The molecular formula is C5H8ClN. The number of hydrogen-bond donors (Lipinski definition) is 0. The fraction of sp³-hybridized carbons (Fsp3) is 0.400. The number of halogens is 1. The summed E-state index contributed by atoms with van der Waals surface area (Å²) in [6, 6.07) is 0. The van der Waals surface area contributed by atoms with Crippen LogP contribution in [0, 0.1) is 0 Å². The molecule has 0 unspecified atom stereocenters. The third-order valence-corrected chi connectivity index (χ3v) is 0.813. The van der Waals surface area contributed by atoms with Gasteiger partial charge in [0, 0.05) is 7.05 Å². The fourth-order valence-electron chi connectivity index (χ4n) is 0.212. The minimum absolute atomic E-state index is 0.544. The number of rotatable bonds is 1. The lowest BCUT2D eigenvalue weighted by atomic mass is 10.6. The normalized spacial score (nSPS) is 13.3. The van der Waals surface area contributed by atoms with E-state index in [0.717, 1.165) is 0 Å². The van der Waals surface area contributed by atoms with E-state index in [2.05, 4.69) is 4.99 Å². The summed E-state index contributed by atoms with van der Waals surface area (Å²) in [5.41, 5.74) is 0. The van der Waals surface area contributed by atoms with E-state index in [1.54, 1.807) is 13.1 Å². The smallest absolute Gasteiger partial charge is 0.122 e. The summed E-state index contributed by atoms with van der Waals surface area (Å²) in [5, 5.41) is 0.544. The Morgan fingerprint density at radius 1 is 1.71 bits per heavy atom. The van der Waals surface area contributed by atoms with Crippen molar-refractivity contribution in [3.05, 3.63) is 12.2 Å². The van der Waals surface area contributed by atoms with E-state index in [1.165, 1.54) is 0 Å². The van der Waals surface area contributed by atoms with Gasteiger partial charge >= 0.3 is 0 Å². The van der Waals surface area contributed by atoms with Gasteiger partial charge in [-0.15, -0.1) is 0 Å². The molecule has 1 nitrogen and oxygen atoms in total. The highest BCUT2D eigenvalue weighted by atomic mass is 35.5. The highest BCUT2D eigenvalue weighted by Gasteiger charge is 1.75. The van der Waals surface area contributed by atoms with Crippen molar-refractivity contribution in [2.45, 2.75) is 6.92 Å². The highest BCUT2D eigenvalue weighted by molar-refractivity contribution is 6.68. The van der Waals surface area contributed by atoms with Crippen LogP contribution in [0.3, 0.4) is 0 Å². The number of nitrogens with zero attached hydrogens (tertiary/aromatic N) is 1. The van der Waals surface area contributed by atoms with E-state index >= 15 is 0 Å². The van der Waals surface area contributed by atoms with Crippen LogP contribution in [0.4, 0.5) is 0 Å². The first-order valence-electron chi connectivity index (χ1n) is 2.06. The van der Waals surface area contributed by atoms with E-state index in [4.69, 9.17) is 11.6 Å². The standard InChI is InChI=1S/C5H8ClN/c1-3-4-5(6)7-2/h3-4H,1-2H3/b4-3-,7-5+. The summed E-state index contributed by atoms with van der Waals surface area (Å²) >= 11 is 5.43. The van der Waals surface area contributed by atoms with E-state index in [0.29, 0.717) is 5.17 Å². The summed E-state index contributed by atoms with van der Waals surface area (Å²) in [7, 11) is 1.66. The Morgan fingerprint density at radius 3 is 2.43 bits per heavy atom. The predicted octanol–water partition coefficient (Wildman–Crippen LogP) is 1.83. The van der Waals surface area contributed by atoms with E-state index in [1.807, 2.05) is 13.0 Å². The van der Waals surface area contributed by atoms with Crippen LogP contribution in [0.25, 0.3) is 0 Å². The molecule has 0 amide bonds. The van der Waals surface area contributed by atoms with Crippen molar-refractivity contribution >= 4 is 16.8 Å². The van der Waals surface area contributed by atoms with Gasteiger partial charge in [-0.25, -0.2) is 0 Å². The van der Waals surface area contributed by atoms with E-state index in [-0.39, 0.29) is 0 Å². The summed E-state index contributed by atoms with van der Waals surface area (Å²) in [6.45, 7) is 1.90. The molecule has 0 N–H and O–H groups in total. The van der Waals surface area contributed by atoms with Crippen molar-refractivity contribution in [1.29, 1.82) is 0 Å². The van der Waals surface area contributed by atoms with Gasteiger partial charge in [-0.05, 0) is 13.0 Å². The van der Waals surface area contributed by atoms with Crippen LogP contribution in [0.2, 0.25) is 0 Å². The second kappa shape index (κ2) is 3.88. The second-order valence-corrected chi connectivity index (χ2v) is 1.43. The third-order valence-electron chi connectivity index (χ3n) is 0.518. The first kappa shape index (κ1) is 6.70. The lowest BCUT2D eigenvalue weighted by molar-refractivity contribution is 1.47. The lowest BCUT2D eigenvalue weighted by Crippen LogP contribution is -1.74. The molecule has 2 heteroatoms. The molecule has 40 valence electrons. The van der Waals surface area contributed by atoms with Crippen molar-refractivity contribution in [2.24, 2.45) is 4.99 Å². The third kappa shape index (κ3) is 3.53. The van der Waals surface area contributed by atoms with Crippen molar-refractivity contribution in [3.63, 3.8) is 0 Å². The minimum Gasteiger partial charge on any atom is -0.277 e.